The number of nitrogens with zero attached hydrogens (tertiary/aromatic N) is 4. The van der Waals surface area contributed by atoms with Crippen molar-refractivity contribution in [1.82, 2.24) is 4.72 Å². The molecule has 364 valence electrons. The van der Waals surface area contributed by atoms with Crippen molar-refractivity contribution >= 4 is 73.6 Å². The Morgan fingerprint density at radius 2 is 1.48 bits per heavy atom. The number of aromatic hydroxyl groups is 2. The van der Waals surface area contributed by atoms with E-state index in [4.69, 9.17) is 44.3 Å². The molecule has 1 aliphatic heterocycles. The van der Waals surface area contributed by atoms with E-state index >= 15 is 0 Å². The fourth-order valence-corrected chi connectivity index (χ4v) is 10.1. The number of sulfonamides is 1. The number of phenols is 2. The first-order chi connectivity index (χ1) is 31.9. The number of methoxy groups -OCH3 is 1. The van der Waals surface area contributed by atoms with Crippen LogP contribution in [0.25, 0.3) is 0 Å². The van der Waals surface area contributed by atoms with Gasteiger partial charge in [0.1, 0.15) is 34.8 Å². The molecule has 0 spiro atoms. The molecule has 2 atom stereocenters. The number of phenolic OH excluding ortho intramolecular Hbond substituents is 2. The van der Waals surface area contributed by atoms with E-state index in [0.717, 1.165) is 61.9 Å². The second kappa shape index (κ2) is 24.6. The summed E-state index contributed by atoms with van der Waals surface area (Å²) >= 11 is 19.2. The predicted octanol–water partition coefficient (Wildman–Crippen LogP) is 13.7. The summed E-state index contributed by atoms with van der Waals surface area (Å²) in [6.07, 6.45) is 13.3. The Labute approximate surface area is 411 Å². The first-order valence-corrected chi connectivity index (χ1v) is 25.7. The molecule has 2 unspecified atom stereocenters. The Kier molecular flexibility index (Phi) is 19.6. The molecule has 0 saturated carbocycles. The van der Waals surface area contributed by atoms with Gasteiger partial charge in [0.25, 0.3) is 5.91 Å². The average Bonchev–Trinajstić information content (AvgIpc) is 3.57. The van der Waals surface area contributed by atoms with E-state index in [0.29, 0.717) is 29.0 Å². The van der Waals surface area contributed by atoms with Gasteiger partial charge in [0.15, 0.2) is 5.84 Å². The van der Waals surface area contributed by atoms with Crippen LogP contribution in [0.3, 0.4) is 0 Å². The number of hydrogen-bond donors (Lipinski definition) is 4. The number of aryl methyl sites for hydroxylation is 2. The maximum Gasteiger partial charge on any atom is 0.282 e. The van der Waals surface area contributed by atoms with Crippen LogP contribution in [0.4, 0.5) is 17.1 Å². The Hall–Kier alpha value is -4.60. The van der Waals surface area contributed by atoms with Gasteiger partial charge in [-0.25, -0.2) is 13.1 Å². The van der Waals surface area contributed by atoms with Gasteiger partial charge in [0, 0.05) is 23.2 Å². The van der Waals surface area contributed by atoms with Crippen molar-refractivity contribution in [3.8, 4) is 23.0 Å². The van der Waals surface area contributed by atoms with Crippen LogP contribution in [-0.4, -0.2) is 56.2 Å². The summed E-state index contributed by atoms with van der Waals surface area (Å²) in [5.41, 5.74) is 2.39. The zero-order chi connectivity index (χ0) is 48.9. The summed E-state index contributed by atoms with van der Waals surface area (Å²) in [5, 5.41) is 38.9. The van der Waals surface area contributed by atoms with Crippen molar-refractivity contribution in [3.63, 3.8) is 0 Å². The van der Waals surface area contributed by atoms with Gasteiger partial charge in [-0.1, -0.05) is 127 Å². The molecule has 67 heavy (non-hydrogen) atoms. The maximum absolute atomic E-state index is 14.0. The highest BCUT2D eigenvalue weighted by Gasteiger charge is 2.40. The standard InChI is InChI=1S/C50H65Cl3N6O7S/c1-8-10-12-13-14-15-16-17-19-37(66-36-20-23-43(60)39(29-36)50(5,6)24-18-11-9-2)31-54-67(63,64)38-21-22-42(44(30-38)65-7)55-48-45(57-56-35-25-32(3)47(61)33(4)26-35)49(62)59(58-48)46-40(52)27-34(51)28-41(46)53/h20-23,25-30,37,45,54,60-61H,8-19,24,31H2,1-7H3,(H,55,58). The van der Waals surface area contributed by atoms with E-state index in [-0.39, 0.29) is 66.4 Å². The SMILES string of the molecule is CCCCCCCCCCC(CNS(=O)(=O)c1ccc(NC2=NN(c3c(Cl)cc(Cl)cc3Cl)C(=O)C2N=Nc2cc(C)c(O)c(C)c2)c(OC)c1)Oc1ccc(O)c(C(C)(C)CCCCC)c1. The van der Waals surface area contributed by atoms with Gasteiger partial charge in [-0.05, 0) is 104 Å². The third-order valence-corrected chi connectivity index (χ3v) is 14.1. The normalized spacial score (nSPS) is 14.8. The monoisotopic (exact) mass is 998 g/mol. The van der Waals surface area contributed by atoms with Gasteiger partial charge in [0.2, 0.25) is 16.1 Å². The Balaban J connectivity index is 1.38. The lowest BCUT2D eigenvalue weighted by atomic mass is 9.79. The van der Waals surface area contributed by atoms with Crippen molar-refractivity contribution in [2.24, 2.45) is 15.3 Å². The molecule has 1 amide bonds. The lowest BCUT2D eigenvalue weighted by Gasteiger charge is -2.27. The van der Waals surface area contributed by atoms with Crippen LogP contribution in [-0.2, 0) is 20.2 Å². The number of hydrogen-bond acceptors (Lipinski definition) is 11. The summed E-state index contributed by atoms with van der Waals surface area (Å²) in [4.78, 5) is 14.0. The molecule has 0 radical (unpaired) electrons. The van der Waals surface area contributed by atoms with E-state index in [1.165, 1.54) is 63.1 Å². The van der Waals surface area contributed by atoms with Gasteiger partial charge >= 0.3 is 0 Å². The van der Waals surface area contributed by atoms with Crippen molar-refractivity contribution in [2.75, 3.05) is 24.0 Å². The first-order valence-electron chi connectivity index (χ1n) is 23.1. The molecule has 5 rings (SSSR count). The van der Waals surface area contributed by atoms with Crippen LogP contribution in [0.5, 0.6) is 23.0 Å². The third kappa shape index (κ3) is 14.5. The number of benzene rings is 4. The van der Waals surface area contributed by atoms with Crippen LogP contribution in [0.15, 0.2) is 80.9 Å². The van der Waals surface area contributed by atoms with E-state index in [1.54, 1.807) is 38.1 Å². The number of carbonyl (C=O) groups excluding carboxylic acids is 1. The highest BCUT2D eigenvalue weighted by Crippen LogP contribution is 2.41. The molecule has 4 aromatic carbocycles. The minimum atomic E-state index is -4.11. The molecule has 0 aromatic heterocycles. The number of ether oxygens (including phenoxy) is 2. The van der Waals surface area contributed by atoms with Gasteiger partial charge < -0.3 is 25.0 Å². The number of unbranched alkanes of at least 4 members (excludes halogenated alkanes) is 9. The maximum atomic E-state index is 14.0. The highest BCUT2D eigenvalue weighted by atomic mass is 35.5. The Bertz CT molecular complexity index is 2470. The summed E-state index contributed by atoms with van der Waals surface area (Å²) < 4.78 is 43.0. The fourth-order valence-electron chi connectivity index (χ4n) is 8.00. The molecule has 1 heterocycles. The Morgan fingerprint density at radius 1 is 0.851 bits per heavy atom. The van der Waals surface area contributed by atoms with Crippen molar-refractivity contribution in [2.45, 2.75) is 147 Å². The van der Waals surface area contributed by atoms with Gasteiger partial charge in [0.05, 0.1) is 33.4 Å². The summed E-state index contributed by atoms with van der Waals surface area (Å²) in [5.74, 6) is 0.394. The summed E-state index contributed by atoms with van der Waals surface area (Å²) in [6.45, 7) is 12.1. The van der Waals surface area contributed by atoms with Crippen molar-refractivity contribution in [3.05, 3.63) is 92.4 Å². The zero-order valence-electron chi connectivity index (χ0n) is 39.6. The number of anilines is 2. The second-order valence-electron chi connectivity index (χ2n) is 17.8. The number of azo groups is 1. The van der Waals surface area contributed by atoms with E-state index < -0.39 is 28.1 Å². The van der Waals surface area contributed by atoms with Crippen LogP contribution >= 0.6 is 34.8 Å². The van der Waals surface area contributed by atoms with Gasteiger partial charge in [-0.3, -0.25) is 4.79 Å². The summed E-state index contributed by atoms with van der Waals surface area (Å²) in [7, 11) is -2.72. The predicted molar refractivity (Wildman–Crippen MR) is 271 cm³/mol. The molecule has 1 aliphatic rings. The highest BCUT2D eigenvalue weighted by molar-refractivity contribution is 7.89. The quantitative estimate of drug-likeness (QED) is 0.0375. The molecular formula is C50H65Cl3N6O7S. The topological polar surface area (TPSA) is 175 Å². The number of amidine groups is 1. The number of nitrogens with one attached hydrogen (secondary N) is 2. The molecule has 0 fully saturated rings. The molecule has 0 aliphatic carbocycles. The fraction of sp³-hybridized carbons (Fsp3) is 0.480. The molecule has 4 aromatic rings. The number of hydrazone groups is 1. The Morgan fingerprint density at radius 3 is 2.12 bits per heavy atom. The van der Waals surface area contributed by atoms with Gasteiger partial charge in [-0.15, -0.1) is 5.10 Å². The van der Waals surface area contributed by atoms with E-state index in [2.05, 4.69) is 53.1 Å². The number of amides is 1. The van der Waals surface area contributed by atoms with Crippen LogP contribution in [0, 0.1) is 13.8 Å². The van der Waals surface area contributed by atoms with Crippen LogP contribution in [0.1, 0.15) is 128 Å². The smallest absolute Gasteiger partial charge is 0.282 e. The minimum absolute atomic E-state index is 0.00537. The second-order valence-corrected chi connectivity index (χ2v) is 20.8. The van der Waals surface area contributed by atoms with Gasteiger partial charge in [-0.2, -0.15) is 15.2 Å². The van der Waals surface area contributed by atoms with Crippen LogP contribution < -0.4 is 24.5 Å². The van der Waals surface area contributed by atoms with E-state index in [1.807, 2.05) is 6.07 Å². The molecule has 4 N–H and O–H groups in total. The lowest BCUT2D eigenvalue weighted by molar-refractivity contribution is -0.117. The molecule has 0 saturated heterocycles. The minimum Gasteiger partial charge on any atom is -0.508 e. The average molecular weight is 1000 g/mol. The van der Waals surface area contributed by atoms with E-state index in [9.17, 15) is 23.4 Å². The number of rotatable bonds is 25. The first kappa shape index (κ1) is 53.4. The lowest BCUT2D eigenvalue weighted by Crippen LogP contribution is -2.35. The zero-order valence-corrected chi connectivity index (χ0v) is 42.7. The summed E-state index contributed by atoms with van der Waals surface area (Å²) in [6, 6.07) is 14.3. The van der Waals surface area contributed by atoms with Crippen LogP contribution in [0.2, 0.25) is 15.1 Å². The molecule has 17 heteroatoms. The van der Waals surface area contributed by atoms with Crippen molar-refractivity contribution < 1.29 is 32.9 Å². The van der Waals surface area contributed by atoms with Crippen molar-refractivity contribution in [1.29, 1.82) is 0 Å². The number of carbonyl (C=O) groups is 1. The largest absolute Gasteiger partial charge is 0.508 e. The molecule has 0 bridgehead atoms. The third-order valence-electron chi connectivity index (χ3n) is 11.9. The molecule has 13 nitrogen and oxygen atoms in total. The number of halogens is 3. The molecular weight excluding hydrogens is 935 g/mol.